The van der Waals surface area contributed by atoms with Crippen LogP contribution in [0.2, 0.25) is 0 Å². The molecule has 0 aromatic heterocycles. The second kappa shape index (κ2) is 8.41. The minimum Gasteiger partial charge on any atom is -0.481 e. The lowest BCUT2D eigenvalue weighted by Gasteiger charge is -2.23. The van der Waals surface area contributed by atoms with E-state index in [9.17, 15) is 18.0 Å². The van der Waals surface area contributed by atoms with Gasteiger partial charge in [-0.3, -0.25) is 9.59 Å². The molecule has 138 valence electrons. The van der Waals surface area contributed by atoms with Gasteiger partial charge >= 0.3 is 5.97 Å². The summed E-state index contributed by atoms with van der Waals surface area (Å²) in [4.78, 5) is 25.1. The number of ether oxygens (including phenoxy) is 1. The van der Waals surface area contributed by atoms with E-state index >= 15 is 0 Å². The third-order valence-corrected chi connectivity index (χ3v) is 5.54. The summed E-state index contributed by atoms with van der Waals surface area (Å²) in [7, 11) is -2.18. The lowest BCUT2D eigenvalue weighted by molar-refractivity contribution is -0.137. The van der Waals surface area contributed by atoms with E-state index in [2.05, 4.69) is 4.72 Å². The standard InChI is InChI=1S/C16H22N2O6S/c1-24-10-8-17-25(22,23)14-6-4-12(5-7-14)16(21)18-9-2-3-13(18)11-15(19)20/h4-7,13,17H,2-3,8-11H2,1H3,(H,19,20). The van der Waals surface area contributed by atoms with Crippen molar-refractivity contribution in [2.24, 2.45) is 0 Å². The highest BCUT2D eigenvalue weighted by Crippen LogP contribution is 2.23. The number of nitrogens with zero attached hydrogens (tertiary/aromatic N) is 1. The summed E-state index contributed by atoms with van der Waals surface area (Å²) in [5.74, 6) is -1.21. The summed E-state index contributed by atoms with van der Waals surface area (Å²) in [5, 5.41) is 8.94. The molecule has 0 aliphatic carbocycles. The zero-order valence-corrected chi connectivity index (χ0v) is 14.8. The molecule has 1 aliphatic rings. The first-order valence-electron chi connectivity index (χ1n) is 7.96. The van der Waals surface area contributed by atoms with Gasteiger partial charge in [0.15, 0.2) is 0 Å². The highest BCUT2D eigenvalue weighted by Gasteiger charge is 2.31. The second-order valence-corrected chi connectivity index (χ2v) is 7.57. The zero-order valence-electron chi connectivity index (χ0n) is 14.0. The van der Waals surface area contributed by atoms with Crippen molar-refractivity contribution >= 4 is 21.9 Å². The fourth-order valence-electron chi connectivity index (χ4n) is 2.82. The lowest BCUT2D eigenvalue weighted by Crippen LogP contribution is -2.36. The number of benzene rings is 1. The molecule has 0 radical (unpaired) electrons. The molecule has 8 nitrogen and oxygen atoms in total. The van der Waals surface area contributed by atoms with Crippen molar-refractivity contribution in [3.8, 4) is 0 Å². The molecular formula is C16H22N2O6S. The quantitative estimate of drug-likeness (QED) is 0.651. The number of likely N-dealkylation sites (tertiary alicyclic amines) is 1. The molecule has 1 aliphatic heterocycles. The number of hydrogen-bond acceptors (Lipinski definition) is 5. The molecule has 2 N–H and O–H groups in total. The van der Waals surface area contributed by atoms with E-state index < -0.39 is 16.0 Å². The van der Waals surface area contributed by atoms with Gasteiger partial charge in [0.05, 0.1) is 17.9 Å². The van der Waals surface area contributed by atoms with Crippen molar-refractivity contribution in [2.75, 3.05) is 26.8 Å². The van der Waals surface area contributed by atoms with E-state index in [4.69, 9.17) is 9.84 Å². The Morgan fingerprint density at radius 3 is 2.60 bits per heavy atom. The third-order valence-electron chi connectivity index (χ3n) is 4.06. The van der Waals surface area contributed by atoms with E-state index in [0.717, 1.165) is 6.42 Å². The molecule has 1 amide bonds. The van der Waals surface area contributed by atoms with Crippen molar-refractivity contribution in [3.05, 3.63) is 29.8 Å². The molecule has 1 heterocycles. The van der Waals surface area contributed by atoms with E-state index in [-0.39, 0.29) is 36.4 Å². The van der Waals surface area contributed by atoms with Crippen molar-refractivity contribution < 1.29 is 27.9 Å². The highest BCUT2D eigenvalue weighted by atomic mass is 32.2. The Morgan fingerprint density at radius 1 is 1.32 bits per heavy atom. The SMILES string of the molecule is COCCNS(=O)(=O)c1ccc(C(=O)N2CCCC2CC(=O)O)cc1. The molecule has 1 fully saturated rings. The Labute approximate surface area is 146 Å². The van der Waals surface area contributed by atoms with Gasteiger partial charge in [0, 0.05) is 31.8 Å². The van der Waals surface area contributed by atoms with E-state index in [1.54, 1.807) is 4.90 Å². The van der Waals surface area contributed by atoms with E-state index in [1.807, 2.05) is 0 Å². The number of amides is 1. The summed E-state index contributed by atoms with van der Waals surface area (Å²) < 4.78 is 31.4. The number of sulfonamides is 1. The maximum absolute atomic E-state index is 12.6. The van der Waals surface area contributed by atoms with Crippen LogP contribution in [0.3, 0.4) is 0 Å². The fraction of sp³-hybridized carbons (Fsp3) is 0.500. The van der Waals surface area contributed by atoms with Crippen molar-refractivity contribution in [2.45, 2.75) is 30.2 Å². The Kier molecular flexibility index (Phi) is 6.51. The van der Waals surface area contributed by atoms with Crippen LogP contribution in [-0.2, 0) is 19.6 Å². The molecular weight excluding hydrogens is 348 g/mol. The van der Waals surface area contributed by atoms with Crippen LogP contribution in [0.4, 0.5) is 0 Å². The predicted octanol–water partition coefficient (Wildman–Crippen LogP) is 0.691. The molecule has 1 saturated heterocycles. The molecule has 0 bridgehead atoms. The van der Waals surface area contributed by atoms with Crippen molar-refractivity contribution in [1.29, 1.82) is 0 Å². The number of aliphatic carboxylic acids is 1. The van der Waals surface area contributed by atoms with Gasteiger partial charge < -0.3 is 14.7 Å². The number of nitrogens with one attached hydrogen (secondary N) is 1. The van der Waals surface area contributed by atoms with Gasteiger partial charge in [-0.15, -0.1) is 0 Å². The molecule has 1 aromatic rings. The van der Waals surface area contributed by atoms with Gasteiger partial charge in [-0.2, -0.15) is 0 Å². The largest absolute Gasteiger partial charge is 0.481 e. The molecule has 1 unspecified atom stereocenters. The Morgan fingerprint density at radius 2 is 2.00 bits per heavy atom. The van der Waals surface area contributed by atoms with E-state index in [1.165, 1.54) is 31.4 Å². The highest BCUT2D eigenvalue weighted by molar-refractivity contribution is 7.89. The molecule has 0 saturated carbocycles. The summed E-state index contributed by atoms with van der Waals surface area (Å²) in [6.07, 6.45) is 1.34. The van der Waals surface area contributed by atoms with Crippen LogP contribution in [-0.4, -0.2) is 63.1 Å². The van der Waals surface area contributed by atoms with Gasteiger partial charge in [0.25, 0.3) is 5.91 Å². The summed E-state index contributed by atoms with van der Waals surface area (Å²) >= 11 is 0. The smallest absolute Gasteiger partial charge is 0.305 e. The average molecular weight is 370 g/mol. The van der Waals surface area contributed by atoms with Crippen LogP contribution in [0.15, 0.2) is 29.2 Å². The Balaban J connectivity index is 2.08. The molecule has 9 heteroatoms. The monoisotopic (exact) mass is 370 g/mol. The van der Waals surface area contributed by atoms with Gasteiger partial charge in [-0.05, 0) is 37.1 Å². The van der Waals surface area contributed by atoms with E-state index in [0.29, 0.717) is 18.5 Å². The molecule has 25 heavy (non-hydrogen) atoms. The first-order chi connectivity index (χ1) is 11.8. The number of carboxylic acid groups (broad SMARTS) is 1. The first-order valence-corrected chi connectivity index (χ1v) is 9.45. The summed E-state index contributed by atoms with van der Waals surface area (Å²) in [6.45, 7) is 0.926. The van der Waals surface area contributed by atoms with Gasteiger partial charge in [-0.1, -0.05) is 0 Å². The van der Waals surface area contributed by atoms with Gasteiger partial charge in [-0.25, -0.2) is 13.1 Å². The van der Waals surface area contributed by atoms with Crippen LogP contribution < -0.4 is 4.72 Å². The van der Waals surface area contributed by atoms with Crippen LogP contribution in [0.25, 0.3) is 0 Å². The van der Waals surface area contributed by atoms with Crippen LogP contribution in [0, 0.1) is 0 Å². The van der Waals surface area contributed by atoms with Gasteiger partial charge in [0.1, 0.15) is 0 Å². The van der Waals surface area contributed by atoms with Crippen LogP contribution in [0.5, 0.6) is 0 Å². The van der Waals surface area contributed by atoms with Crippen LogP contribution >= 0.6 is 0 Å². The average Bonchev–Trinajstić information content (AvgIpc) is 3.01. The Bertz CT molecular complexity index is 717. The first kappa shape index (κ1) is 19.4. The van der Waals surface area contributed by atoms with Crippen molar-refractivity contribution in [3.63, 3.8) is 0 Å². The predicted molar refractivity (Wildman–Crippen MR) is 89.8 cm³/mol. The maximum atomic E-state index is 12.6. The van der Waals surface area contributed by atoms with Crippen LogP contribution in [0.1, 0.15) is 29.6 Å². The summed E-state index contributed by atoms with van der Waals surface area (Å²) in [6, 6.07) is 5.31. The fourth-order valence-corrected chi connectivity index (χ4v) is 3.83. The minimum absolute atomic E-state index is 0.0589. The molecule has 0 spiro atoms. The van der Waals surface area contributed by atoms with Gasteiger partial charge in [0.2, 0.25) is 10.0 Å². The lowest BCUT2D eigenvalue weighted by atomic mass is 10.1. The number of hydrogen-bond donors (Lipinski definition) is 2. The topological polar surface area (TPSA) is 113 Å². The Hall–Kier alpha value is -1.97. The number of carboxylic acids is 1. The molecule has 1 atom stereocenters. The third kappa shape index (κ3) is 5.00. The second-order valence-electron chi connectivity index (χ2n) is 5.81. The van der Waals surface area contributed by atoms with Crippen molar-refractivity contribution in [1.82, 2.24) is 9.62 Å². The minimum atomic E-state index is -3.65. The number of methoxy groups -OCH3 is 1. The maximum Gasteiger partial charge on any atom is 0.305 e. The number of rotatable bonds is 8. The number of carbonyl (C=O) groups excluding carboxylic acids is 1. The molecule has 1 aromatic carbocycles. The zero-order chi connectivity index (χ0) is 18.4. The number of carbonyl (C=O) groups is 2. The summed E-state index contributed by atoms with van der Waals surface area (Å²) in [5.41, 5.74) is 0.341. The molecule has 2 rings (SSSR count). The normalized spacial score (nSPS) is 17.6.